The van der Waals surface area contributed by atoms with Crippen molar-refractivity contribution < 1.29 is 13.9 Å². The number of rotatable bonds is 6. The lowest BCUT2D eigenvalue weighted by molar-refractivity contribution is 0.0187. The maximum absolute atomic E-state index is 14.1. The van der Waals surface area contributed by atoms with Gasteiger partial charge in [-0.15, -0.1) is 0 Å². The molecule has 1 N–H and O–H groups in total. The van der Waals surface area contributed by atoms with Crippen molar-refractivity contribution in [1.82, 2.24) is 4.90 Å². The fraction of sp³-hybridized carbons (Fsp3) is 0.381. The van der Waals surface area contributed by atoms with Gasteiger partial charge in [0.25, 0.3) is 0 Å². The summed E-state index contributed by atoms with van der Waals surface area (Å²) in [4.78, 5) is 14.2. The van der Waals surface area contributed by atoms with Crippen molar-refractivity contribution in [1.29, 1.82) is 0 Å². The number of ketones is 1. The molecular weight excluding hydrogens is 331 g/mol. The number of aryl methyl sites for hydroxylation is 1. The Kier molecular flexibility index (Phi) is 6.01. The molecule has 1 saturated heterocycles. The van der Waals surface area contributed by atoms with Gasteiger partial charge in [0, 0.05) is 25.3 Å². The molecule has 0 aromatic heterocycles. The van der Waals surface area contributed by atoms with Crippen molar-refractivity contribution in [2.45, 2.75) is 19.9 Å². The first-order valence-electron chi connectivity index (χ1n) is 8.98. The molecule has 0 bridgehead atoms. The zero-order valence-corrected chi connectivity index (χ0v) is 15.3. The van der Waals surface area contributed by atoms with Crippen LogP contribution in [-0.4, -0.2) is 43.5 Å². The molecule has 1 aliphatic rings. The van der Waals surface area contributed by atoms with E-state index in [9.17, 15) is 9.18 Å². The minimum absolute atomic E-state index is 0.122. The Labute approximate surface area is 154 Å². The molecule has 0 aliphatic carbocycles. The number of morpholine rings is 1. The molecule has 1 aliphatic heterocycles. The van der Waals surface area contributed by atoms with Gasteiger partial charge in [-0.2, -0.15) is 0 Å². The van der Waals surface area contributed by atoms with E-state index in [2.05, 4.69) is 41.4 Å². The first-order chi connectivity index (χ1) is 12.6. The van der Waals surface area contributed by atoms with Crippen LogP contribution in [0.5, 0.6) is 0 Å². The van der Waals surface area contributed by atoms with E-state index in [0.717, 1.165) is 13.1 Å². The Balaban J connectivity index is 1.83. The van der Waals surface area contributed by atoms with Gasteiger partial charge in [-0.1, -0.05) is 35.9 Å². The normalized spacial score (nSPS) is 16.3. The number of nitrogens with one attached hydrogen (secondary N) is 1. The second-order valence-corrected chi connectivity index (χ2v) is 6.67. The number of Topliss-reactive ketones (excluding diaryl/α,β-unsaturated/α-hetero) is 1. The monoisotopic (exact) mass is 356 g/mol. The van der Waals surface area contributed by atoms with Crippen molar-refractivity contribution in [3.05, 3.63) is 65.0 Å². The molecular formula is C21H25FN2O2. The Morgan fingerprint density at radius 2 is 1.88 bits per heavy atom. The number of carbonyl (C=O) groups is 1. The number of anilines is 1. The van der Waals surface area contributed by atoms with Gasteiger partial charge in [0.1, 0.15) is 5.82 Å². The quantitative estimate of drug-likeness (QED) is 0.799. The smallest absolute Gasteiger partial charge is 0.164 e. The van der Waals surface area contributed by atoms with Crippen molar-refractivity contribution in [3.8, 4) is 0 Å². The number of halogens is 1. The average molecular weight is 356 g/mol. The number of hydrogen-bond acceptors (Lipinski definition) is 4. The molecule has 0 spiro atoms. The lowest BCUT2D eigenvalue weighted by Gasteiger charge is -2.35. The summed E-state index contributed by atoms with van der Waals surface area (Å²) in [5.74, 6) is -0.760. The molecule has 5 heteroatoms. The fourth-order valence-electron chi connectivity index (χ4n) is 3.37. The lowest BCUT2D eigenvalue weighted by atomic mass is 10.0. The summed E-state index contributed by atoms with van der Waals surface area (Å²) in [5.41, 5.74) is 3.08. The molecule has 2 aromatic rings. The van der Waals surface area contributed by atoms with Crippen LogP contribution in [0.1, 0.15) is 34.5 Å². The topological polar surface area (TPSA) is 41.6 Å². The lowest BCUT2D eigenvalue weighted by Crippen LogP contribution is -2.41. The third-order valence-corrected chi connectivity index (χ3v) is 4.80. The van der Waals surface area contributed by atoms with E-state index in [-0.39, 0.29) is 17.4 Å². The van der Waals surface area contributed by atoms with Gasteiger partial charge in [0.05, 0.1) is 24.8 Å². The molecule has 138 valence electrons. The van der Waals surface area contributed by atoms with E-state index in [4.69, 9.17) is 4.74 Å². The van der Waals surface area contributed by atoms with Crippen LogP contribution >= 0.6 is 0 Å². The minimum Gasteiger partial charge on any atom is -0.382 e. The van der Waals surface area contributed by atoms with Crippen LogP contribution in [0.3, 0.4) is 0 Å². The van der Waals surface area contributed by atoms with Gasteiger partial charge in [0.15, 0.2) is 5.78 Å². The van der Waals surface area contributed by atoms with E-state index < -0.39 is 5.82 Å². The van der Waals surface area contributed by atoms with Crippen LogP contribution in [0.4, 0.5) is 10.1 Å². The summed E-state index contributed by atoms with van der Waals surface area (Å²) in [6.45, 7) is 7.17. The highest BCUT2D eigenvalue weighted by Gasteiger charge is 2.23. The second kappa shape index (κ2) is 8.43. The molecule has 4 nitrogen and oxygen atoms in total. The Morgan fingerprint density at radius 1 is 1.19 bits per heavy atom. The Hall–Kier alpha value is -2.24. The predicted octanol–water partition coefficient (Wildman–Crippen LogP) is 3.82. The van der Waals surface area contributed by atoms with Gasteiger partial charge < -0.3 is 10.1 Å². The minimum atomic E-state index is -0.485. The van der Waals surface area contributed by atoms with Crippen LogP contribution in [0.15, 0.2) is 42.5 Å². The first kappa shape index (κ1) is 18.5. The standard InChI is InChI=1S/C21H25FN2O2/c1-15-6-8-17(9-7-15)20(24-10-12-26-13-11-24)14-23-19-5-3-4-18(22)21(19)16(2)25/h3-9,20,23H,10-14H2,1-2H3. The molecule has 26 heavy (non-hydrogen) atoms. The van der Waals surface area contributed by atoms with Gasteiger partial charge in [-0.25, -0.2) is 4.39 Å². The maximum atomic E-state index is 14.1. The number of carbonyl (C=O) groups excluding carboxylic acids is 1. The number of benzene rings is 2. The summed E-state index contributed by atoms with van der Waals surface area (Å²) in [6, 6.07) is 13.3. The van der Waals surface area contributed by atoms with Crippen LogP contribution in [-0.2, 0) is 4.74 Å². The van der Waals surface area contributed by atoms with Gasteiger partial charge in [-0.3, -0.25) is 9.69 Å². The second-order valence-electron chi connectivity index (χ2n) is 6.67. The van der Waals surface area contributed by atoms with E-state index in [1.165, 1.54) is 24.1 Å². The maximum Gasteiger partial charge on any atom is 0.164 e. The van der Waals surface area contributed by atoms with Crippen LogP contribution in [0.2, 0.25) is 0 Å². The molecule has 1 fully saturated rings. The van der Waals surface area contributed by atoms with E-state index >= 15 is 0 Å². The number of nitrogens with zero attached hydrogens (tertiary/aromatic N) is 1. The predicted molar refractivity (Wildman–Crippen MR) is 101 cm³/mol. The highest BCUT2D eigenvalue weighted by molar-refractivity contribution is 5.99. The third-order valence-electron chi connectivity index (χ3n) is 4.80. The van der Waals surface area contributed by atoms with Crippen molar-refractivity contribution in [3.63, 3.8) is 0 Å². The summed E-state index contributed by atoms with van der Waals surface area (Å²) >= 11 is 0. The van der Waals surface area contributed by atoms with Crippen LogP contribution < -0.4 is 5.32 Å². The highest BCUT2D eigenvalue weighted by atomic mass is 19.1. The van der Waals surface area contributed by atoms with E-state index in [1.807, 2.05) is 0 Å². The van der Waals surface area contributed by atoms with E-state index in [1.54, 1.807) is 12.1 Å². The number of hydrogen-bond donors (Lipinski definition) is 1. The van der Waals surface area contributed by atoms with Crippen molar-refractivity contribution in [2.75, 3.05) is 38.2 Å². The van der Waals surface area contributed by atoms with Crippen LogP contribution in [0, 0.1) is 12.7 Å². The number of ether oxygens (including phenoxy) is 1. The zero-order valence-electron chi connectivity index (χ0n) is 15.3. The fourth-order valence-corrected chi connectivity index (χ4v) is 3.37. The molecule has 1 heterocycles. The zero-order chi connectivity index (χ0) is 18.5. The summed E-state index contributed by atoms with van der Waals surface area (Å²) in [5, 5.41) is 3.30. The molecule has 3 rings (SSSR count). The summed E-state index contributed by atoms with van der Waals surface area (Å²) in [6.07, 6.45) is 0. The van der Waals surface area contributed by atoms with Gasteiger partial charge in [-0.05, 0) is 31.5 Å². The highest BCUT2D eigenvalue weighted by Crippen LogP contribution is 2.25. The largest absolute Gasteiger partial charge is 0.382 e. The first-order valence-corrected chi connectivity index (χ1v) is 8.98. The van der Waals surface area contributed by atoms with Gasteiger partial charge in [0.2, 0.25) is 0 Å². The van der Waals surface area contributed by atoms with E-state index in [0.29, 0.717) is 25.4 Å². The molecule has 0 amide bonds. The van der Waals surface area contributed by atoms with Crippen LogP contribution in [0.25, 0.3) is 0 Å². The Morgan fingerprint density at radius 3 is 2.54 bits per heavy atom. The molecule has 0 saturated carbocycles. The SMILES string of the molecule is CC(=O)c1c(F)cccc1NCC(c1ccc(C)cc1)N1CCOCC1. The molecule has 0 radical (unpaired) electrons. The summed E-state index contributed by atoms with van der Waals surface area (Å²) < 4.78 is 19.5. The average Bonchev–Trinajstić information content (AvgIpc) is 2.64. The van der Waals surface area contributed by atoms with Crippen molar-refractivity contribution in [2.24, 2.45) is 0 Å². The van der Waals surface area contributed by atoms with Crippen molar-refractivity contribution >= 4 is 11.5 Å². The Bertz CT molecular complexity index is 755. The molecule has 2 aromatic carbocycles. The molecule has 1 unspecified atom stereocenters. The van der Waals surface area contributed by atoms with Gasteiger partial charge >= 0.3 is 0 Å². The third kappa shape index (κ3) is 4.29. The molecule has 1 atom stereocenters. The summed E-state index contributed by atoms with van der Waals surface area (Å²) in [7, 11) is 0.